The van der Waals surface area contributed by atoms with E-state index in [9.17, 15) is 4.39 Å². The van der Waals surface area contributed by atoms with Gasteiger partial charge in [0.25, 0.3) is 0 Å². The molecule has 0 bridgehead atoms. The normalized spacial score (nSPS) is 12.7. The van der Waals surface area contributed by atoms with Gasteiger partial charge in [0.05, 0.1) is 0 Å². The van der Waals surface area contributed by atoms with E-state index in [1.807, 2.05) is 37.4 Å². The predicted octanol–water partition coefficient (Wildman–Crippen LogP) is 4.93. The van der Waals surface area contributed by atoms with Crippen molar-refractivity contribution in [1.82, 2.24) is 5.32 Å². The van der Waals surface area contributed by atoms with Crippen molar-refractivity contribution in [3.05, 3.63) is 70.2 Å². The van der Waals surface area contributed by atoms with Gasteiger partial charge in [0, 0.05) is 16.3 Å². The zero-order chi connectivity index (χ0) is 14.7. The third-order valence-electron chi connectivity index (χ3n) is 3.89. The maximum atomic E-state index is 13.9. The van der Waals surface area contributed by atoms with E-state index in [0.29, 0.717) is 5.39 Å². The van der Waals surface area contributed by atoms with Crippen LogP contribution in [0, 0.1) is 5.82 Å². The number of aryl methyl sites for hydroxylation is 1. The van der Waals surface area contributed by atoms with Crippen molar-refractivity contribution in [3.8, 4) is 0 Å². The van der Waals surface area contributed by atoms with Crippen LogP contribution in [0.15, 0.2) is 53.9 Å². The van der Waals surface area contributed by atoms with Gasteiger partial charge in [0.1, 0.15) is 5.82 Å². The molecule has 3 aromatic rings. The number of thiophene rings is 1. The third-order valence-corrected chi connectivity index (χ3v) is 4.82. The average Bonchev–Trinajstić information content (AvgIpc) is 3.03. The fourth-order valence-electron chi connectivity index (χ4n) is 2.79. The number of nitrogens with one attached hydrogen (secondary N) is 1. The van der Waals surface area contributed by atoms with Gasteiger partial charge < -0.3 is 5.32 Å². The molecule has 3 heteroatoms. The molecule has 0 saturated heterocycles. The zero-order valence-corrected chi connectivity index (χ0v) is 12.8. The molecule has 3 rings (SSSR count). The van der Waals surface area contributed by atoms with Crippen LogP contribution in [-0.2, 0) is 6.42 Å². The van der Waals surface area contributed by atoms with Crippen LogP contribution in [0.4, 0.5) is 4.39 Å². The standard InChI is InChI=1S/C18H18FNS/c1-20-18(11-8-13-5-4-12-21-13)16-9-10-17(19)15-7-3-2-6-14(15)16/h2-7,9-10,12,18,20H,8,11H2,1H3. The van der Waals surface area contributed by atoms with Gasteiger partial charge in [-0.05, 0) is 48.4 Å². The van der Waals surface area contributed by atoms with E-state index in [4.69, 9.17) is 0 Å². The Bertz CT molecular complexity index is 721. The van der Waals surface area contributed by atoms with Gasteiger partial charge in [0.2, 0.25) is 0 Å². The average molecular weight is 299 g/mol. The minimum atomic E-state index is -0.151. The molecule has 0 fully saturated rings. The molecule has 0 amide bonds. The summed E-state index contributed by atoms with van der Waals surface area (Å²) in [6, 6.07) is 15.7. The molecule has 1 heterocycles. The van der Waals surface area contributed by atoms with Crippen LogP contribution in [0.2, 0.25) is 0 Å². The van der Waals surface area contributed by atoms with Crippen molar-refractivity contribution < 1.29 is 4.39 Å². The summed E-state index contributed by atoms with van der Waals surface area (Å²) in [6.45, 7) is 0. The van der Waals surface area contributed by atoms with Crippen LogP contribution in [-0.4, -0.2) is 7.05 Å². The van der Waals surface area contributed by atoms with Crippen molar-refractivity contribution in [2.45, 2.75) is 18.9 Å². The summed E-state index contributed by atoms with van der Waals surface area (Å²) in [5.74, 6) is -0.151. The highest BCUT2D eigenvalue weighted by atomic mass is 32.1. The Morgan fingerprint density at radius 3 is 2.57 bits per heavy atom. The van der Waals surface area contributed by atoms with Gasteiger partial charge >= 0.3 is 0 Å². The molecular formula is C18H18FNS. The first-order valence-electron chi connectivity index (χ1n) is 7.16. The molecule has 0 aliphatic rings. The van der Waals surface area contributed by atoms with Crippen molar-refractivity contribution in [1.29, 1.82) is 0 Å². The zero-order valence-electron chi connectivity index (χ0n) is 12.0. The van der Waals surface area contributed by atoms with Gasteiger partial charge in [-0.1, -0.05) is 36.4 Å². The molecule has 0 saturated carbocycles. The minimum absolute atomic E-state index is 0.151. The second-order valence-corrected chi connectivity index (χ2v) is 6.17. The van der Waals surface area contributed by atoms with Crippen molar-refractivity contribution >= 4 is 22.1 Å². The molecule has 0 aliphatic heterocycles. The fourth-order valence-corrected chi connectivity index (χ4v) is 3.51. The molecule has 1 unspecified atom stereocenters. The van der Waals surface area contributed by atoms with Crippen molar-refractivity contribution in [2.24, 2.45) is 0 Å². The van der Waals surface area contributed by atoms with Gasteiger partial charge in [-0.15, -0.1) is 11.3 Å². The Kier molecular flexibility index (Phi) is 4.32. The van der Waals surface area contributed by atoms with Crippen LogP contribution in [0.1, 0.15) is 22.9 Å². The first-order valence-corrected chi connectivity index (χ1v) is 8.04. The summed E-state index contributed by atoms with van der Waals surface area (Å²) in [4.78, 5) is 1.39. The Balaban J connectivity index is 1.91. The lowest BCUT2D eigenvalue weighted by molar-refractivity contribution is 0.553. The maximum Gasteiger partial charge on any atom is 0.131 e. The Hall–Kier alpha value is -1.71. The number of rotatable bonds is 5. The van der Waals surface area contributed by atoms with Crippen LogP contribution in [0.3, 0.4) is 0 Å². The lowest BCUT2D eigenvalue weighted by Crippen LogP contribution is -2.17. The molecular weight excluding hydrogens is 281 g/mol. The van der Waals surface area contributed by atoms with Crippen molar-refractivity contribution in [2.75, 3.05) is 7.05 Å². The molecule has 1 aromatic heterocycles. The monoisotopic (exact) mass is 299 g/mol. The van der Waals surface area contributed by atoms with Crippen LogP contribution >= 0.6 is 11.3 Å². The molecule has 2 aromatic carbocycles. The van der Waals surface area contributed by atoms with E-state index in [1.165, 1.54) is 10.4 Å². The Morgan fingerprint density at radius 1 is 1.05 bits per heavy atom. The summed E-state index contributed by atoms with van der Waals surface area (Å²) in [7, 11) is 1.97. The highest BCUT2D eigenvalue weighted by Crippen LogP contribution is 2.29. The van der Waals surface area contributed by atoms with Gasteiger partial charge in [0.15, 0.2) is 0 Å². The third kappa shape index (κ3) is 2.99. The van der Waals surface area contributed by atoms with Gasteiger partial charge in [-0.3, -0.25) is 0 Å². The molecule has 1 atom stereocenters. The first kappa shape index (κ1) is 14.2. The van der Waals surface area contributed by atoms with E-state index in [2.05, 4.69) is 22.8 Å². The second kappa shape index (κ2) is 6.37. The quantitative estimate of drug-likeness (QED) is 0.704. The number of benzene rings is 2. The van der Waals surface area contributed by atoms with Gasteiger partial charge in [-0.25, -0.2) is 4.39 Å². The molecule has 108 valence electrons. The van der Waals surface area contributed by atoms with E-state index in [0.717, 1.165) is 18.2 Å². The van der Waals surface area contributed by atoms with E-state index >= 15 is 0 Å². The molecule has 21 heavy (non-hydrogen) atoms. The lowest BCUT2D eigenvalue weighted by atomic mass is 9.95. The molecule has 1 N–H and O–H groups in total. The topological polar surface area (TPSA) is 12.0 Å². The smallest absolute Gasteiger partial charge is 0.131 e. The highest BCUT2D eigenvalue weighted by Gasteiger charge is 2.14. The summed E-state index contributed by atoms with van der Waals surface area (Å²) in [5.41, 5.74) is 1.17. The SMILES string of the molecule is CNC(CCc1cccs1)c1ccc(F)c2ccccc12. The predicted molar refractivity (Wildman–Crippen MR) is 88.3 cm³/mol. The lowest BCUT2D eigenvalue weighted by Gasteiger charge is -2.19. The van der Waals surface area contributed by atoms with E-state index in [1.54, 1.807) is 17.4 Å². The van der Waals surface area contributed by atoms with E-state index in [-0.39, 0.29) is 11.9 Å². The summed E-state index contributed by atoms with van der Waals surface area (Å²) >= 11 is 1.79. The summed E-state index contributed by atoms with van der Waals surface area (Å²) < 4.78 is 13.9. The van der Waals surface area contributed by atoms with E-state index < -0.39 is 0 Å². The van der Waals surface area contributed by atoms with Crippen LogP contribution in [0.5, 0.6) is 0 Å². The fraction of sp³-hybridized carbons (Fsp3) is 0.222. The number of halogens is 1. The molecule has 1 nitrogen and oxygen atoms in total. The maximum absolute atomic E-state index is 13.9. The number of fused-ring (bicyclic) bond motifs is 1. The largest absolute Gasteiger partial charge is 0.313 e. The molecule has 0 radical (unpaired) electrons. The van der Waals surface area contributed by atoms with Crippen LogP contribution in [0.25, 0.3) is 10.8 Å². The number of hydrogen-bond acceptors (Lipinski definition) is 2. The van der Waals surface area contributed by atoms with Crippen molar-refractivity contribution in [3.63, 3.8) is 0 Å². The Morgan fingerprint density at radius 2 is 1.86 bits per heavy atom. The van der Waals surface area contributed by atoms with Crippen LogP contribution < -0.4 is 5.32 Å². The summed E-state index contributed by atoms with van der Waals surface area (Å²) in [6.07, 6.45) is 2.04. The Labute approximate surface area is 128 Å². The molecule has 0 aliphatic carbocycles. The number of hydrogen-bond donors (Lipinski definition) is 1. The van der Waals surface area contributed by atoms with Gasteiger partial charge in [-0.2, -0.15) is 0 Å². The first-order chi connectivity index (χ1) is 10.3. The second-order valence-electron chi connectivity index (χ2n) is 5.14. The highest BCUT2D eigenvalue weighted by molar-refractivity contribution is 7.09. The molecule has 0 spiro atoms. The summed E-state index contributed by atoms with van der Waals surface area (Å²) in [5, 5.41) is 7.19. The minimum Gasteiger partial charge on any atom is -0.313 e.